The van der Waals surface area contributed by atoms with Crippen LogP contribution in [-0.4, -0.2) is 30.9 Å². The molecule has 0 heterocycles. The average Bonchev–Trinajstić information content (AvgIpc) is 2.31. The van der Waals surface area contributed by atoms with Crippen LogP contribution in [0.4, 0.5) is 0 Å². The number of ether oxygens (including phenoxy) is 1. The monoisotopic (exact) mass is 289 g/mol. The lowest BCUT2D eigenvalue weighted by Gasteiger charge is -2.12. The fourth-order valence-electron chi connectivity index (χ4n) is 1.33. The molecule has 0 aliphatic heterocycles. The van der Waals surface area contributed by atoms with Gasteiger partial charge in [-0.2, -0.15) is 0 Å². The predicted molar refractivity (Wildman–Crippen MR) is 75.0 cm³/mol. The molecule has 0 aliphatic rings. The lowest BCUT2D eigenvalue weighted by atomic mass is 10.2. The Morgan fingerprint density at radius 3 is 2.67 bits per heavy atom. The largest absolute Gasteiger partial charge is 0.389 e. The van der Waals surface area contributed by atoms with Gasteiger partial charge >= 0.3 is 0 Å². The number of aliphatic hydroxyl groups is 1. The highest BCUT2D eigenvalue weighted by Gasteiger charge is 2.04. The zero-order chi connectivity index (χ0) is 13.4. The maximum atomic E-state index is 9.60. The Labute approximate surface area is 117 Å². The van der Waals surface area contributed by atoms with Crippen molar-refractivity contribution in [2.24, 2.45) is 0 Å². The van der Waals surface area contributed by atoms with E-state index in [2.05, 4.69) is 11.9 Å². The van der Waals surface area contributed by atoms with Gasteiger partial charge in [0.25, 0.3) is 0 Å². The topological polar surface area (TPSA) is 41.5 Å². The molecule has 0 aromatic heterocycles. The summed E-state index contributed by atoms with van der Waals surface area (Å²) in [6, 6.07) is 7.41. The molecule has 3 nitrogen and oxygen atoms in total. The van der Waals surface area contributed by atoms with E-state index in [1.165, 1.54) is 0 Å². The molecular weight excluding hydrogens is 273 g/mol. The van der Waals surface area contributed by atoms with Crippen molar-refractivity contribution in [3.8, 4) is 0 Å². The van der Waals surface area contributed by atoms with Crippen LogP contribution in [0.1, 0.15) is 5.56 Å². The molecule has 0 fully saturated rings. The predicted octanol–water partition coefficient (Wildman–Crippen LogP) is 2.56. The second-order valence-corrected chi connectivity index (χ2v) is 4.91. The van der Waals surface area contributed by atoms with Crippen molar-refractivity contribution in [3.63, 3.8) is 0 Å². The normalized spacial score (nSPS) is 12.4. The van der Waals surface area contributed by atoms with E-state index in [1.54, 1.807) is 0 Å². The van der Waals surface area contributed by atoms with Crippen LogP contribution in [0.3, 0.4) is 0 Å². The number of rotatable bonds is 8. The summed E-state index contributed by atoms with van der Waals surface area (Å²) in [4.78, 5) is 0. The summed E-state index contributed by atoms with van der Waals surface area (Å²) in [5.74, 6) is 0. The Hall–Kier alpha value is -0.580. The van der Waals surface area contributed by atoms with Crippen molar-refractivity contribution in [2.45, 2.75) is 12.7 Å². The minimum Gasteiger partial charge on any atom is -0.389 e. The minimum absolute atomic E-state index is 0.268. The third kappa shape index (κ3) is 6.99. The Bertz CT molecular complexity index is 368. The number of hydrogen-bond acceptors (Lipinski definition) is 3. The molecule has 1 aromatic rings. The van der Waals surface area contributed by atoms with E-state index in [1.807, 2.05) is 24.3 Å². The lowest BCUT2D eigenvalue weighted by Crippen LogP contribution is -2.31. The van der Waals surface area contributed by atoms with Gasteiger partial charge in [0.1, 0.15) is 0 Å². The second-order valence-electron chi connectivity index (χ2n) is 3.94. The fraction of sp³-hybridized carbons (Fsp3) is 0.385. The molecule has 5 heteroatoms. The van der Waals surface area contributed by atoms with Crippen LogP contribution >= 0.6 is 23.2 Å². The van der Waals surface area contributed by atoms with Crippen LogP contribution in [0.15, 0.2) is 35.9 Å². The summed E-state index contributed by atoms with van der Waals surface area (Å²) in [5.41, 5.74) is 1.02. The van der Waals surface area contributed by atoms with E-state index in [4.69, 9.17) is 27.9 Å². The van der Waals surface area contributed by atoms with Crippen molar-refractivity contribution in [1.29, 1.82) is 0 Å². The van der Waals surface area contributed by atoms with Crippen LogP contribution in [0.25, 0.3) is 0 Å². The molecule has 100 valence electrons. The van der Waals surface area contributed by atoms with Crippen molar-refractivity contribution in [1.82, 2.24) is 5.32 Å². The first-order chi connectivity index (χ1) is 8.58. The van der Waals surface area contributed by atoms with E-state index in [-0.39, 0.29) is 6.61 Å². The molecule has 0 radical (unpaired) electrons. The van der Waals surface area contributed by atoms with Crippen LogP contribution in [0, 0.1) is 0 Å². The molecule has 1 unspecified atom stereocenters. The highest BCUT2D eigenvalue weighted by atomic mass is 35.5. The van der Waals surface area contributed by atoms with Gasteiger partial charge in [-0.25, -0.2) is 0 Å². The first-order valence-electron chi connectivity index (χ1n) is 5.62. The molecule has 2 N–H and O–H groups in total. The van der Waals surface area contributed by atoms with Crippen LogP contribution < -0.4 is 5.32 Å². The van der Waals surface area contributed by atoms with Crippen LogP contribution in [0.5, 0.6) is 0 Å². The third-order valence-corrected chi connectivity index (χ3v) is 2.57. The molecule has 1 atom stereocenters. The number of nitrogens with one attached hydrogen (secondary N) is 1. The number of benzene rings is 1. The maximum absolute atomic E-state index is 9.60. The number of halogens is 2. The molecule has 0 saturated heterocycles. The summed E-state index contributed by atoms with van der Waals surface area (Å²) in [5, 5.41) is 13.8. The van der Waals surface area contributed by atoms with Gasteiger partial charge in [-0.05, 0) is 17.7 Å². The van der Waals surface area contributed by atoms with E-state index in [0.717, 1.165) is 5.56 Å². The minimum atomic E-state index is -0.562. The van der Waals surface area contributed by atoms with Crippen molar-refractivity contribution >= 4 is 23.2 Å². The summed E-state index contributed by atoms with van der Waals surface area (Å²) < 4.78 is 5.39. The number of aliphatic hydroxyl groups excluding tert-OH is 1. The molecule has 0 saturated carbocycles. The zero-order valence-corrected chi connectivity index (χ0v) is 11.5. The Morgan fingerprint density at radius 1 is 1.39 bits per heavy atom. The molecule has 1 rings (SSSR count). The molecule has 0 aliphatic carbocycles. The lowest BCUT2D eigenvalue weighted by molar-refractivity contribution is 0.0293. The first kappa shape index (κ1) is 15.5. The van der Waals surface area contributed by atoms with Gasteiger partial charge in [0.15, 0.2) is 0 Å². The van der Waals surface area contributed by atoms with Crippen molar-refractivity contribution in [2.75, 3.05) is 19.7 Å². The van der Waals surface area contributed by atoms with E-state index in [0.29, 0.717) is 29.8 Å². The summed E-state index contributed by atoms with van der Waals surface area (Å²) in [6.07, 6.45) is -0.562. The SMILES string of the molecule is C=C(Cl)CNCC(O)COCc1ccc(Cl)cc1. The molecule has 18 heavy (non-hydrogen) atoms. The van der Waals surface area contributed by atoms with Gasteiger partial charge < -0.3 is 15.2 Å². The van der Waals surface area contributed by atoms with Gasteiger partial charge in [-0.1, -0.05) is 41.9 Å². The second kappa shape index (κ2) is 8.51. The van der Waals surface area contributed by atoms with Gasteiger partial charge in [0, 0.05) is 23.1 Å². The molecule has 0 bridgehead atoms. The number of hydrogen-bond donors (Lipinski definition) is 2. The van der Waals surface area contributed by atoms with E-state index in [9.17, 15) is 5.11 Å². The van der Waals surface area contributed by atoms with Crippen LogP contribution in [0.2, 0.25) is 5.02 Å². The first-order valence-corrected chi connectivity index (χ1v) is 6.38. The quantitative estimate of drug-likeness (QED) is 0.773. The highest BCUT2D eigenvalue weighted by Crippen LogP contribution is 2.10. The van der Waals surface area contributed by atoms with E-state index < -0.39 is 6.10 Å². The van der Waals surface area contributed by atoms with E-state index >= 15 is 0 Å². The maximum Gasteiger partial charge on any atom is 0.0897 e. The summed E-state index contributed by atoms with van der Waals surface area (Å²) in [7, 11) is 0. The van der Waals surface area contributed by atoms with Gasteiger partial charge in [0.2, 0.25) is 0 Å². The van der Waals surface area contributed by atoms with Gasteiger partial charge in [-0.15, -0.1) is 0 Å². The van der Waals surface area contributed by atoms with Crippen LogP contribution in [-0.2, 0) is 11.3 Å². The summed E-state index contributed by atoms with van der Waals surface area (Å²) in [6.45, 7) is 5.17. The molecular formula is C13H17Cl2NO2. The Balaban J connectivity index is 2.13. The smallest absolute Gasteiger partial charge is 0.0897 e. The van der Waals surface area contributed by atoms with Crippen molar-refractivity contribution in [3.05, 3.63) is 46.5 Å². The molecule has 0 amide bonds. The summed E-state index contributed by atoms with van der Waals surface area (Å²) >= 11 is 11.3. The molecule has 1 aromatic carbocycles. The Kier molecular flexibility index (Phi) is 7.32. The standard InChI is InChI=1S/C13H17Cl2NO2/c1-10(14)6-16-7-13(17)9-18-8-11-2-4-12(15)5-3-11/h2-5,13,16-17H,1,6-9H2. The Morgan fingerprint density at radius 2 is 2.06 bits per heavy atom. The average molecular weight is 290 g/mol. The fourth-order valence-corrected chi connectivity index (χ4v) is 1.55. The molecule has 0 spiro atoms. The zero-order valence-electron chi connectivity index (χ0n) is 10.0. The highest BCUT2D eigenvalue weighted by molar-refractivity contribution is 6.30. The van der Waals surface area contributed by atoms with Crippen molar-refractivity contribution < 1.29 is 9.84 Å². The van der Waals surface area contributed by atoms with Gasteiger partial charge in [0.05, 0.1) is 19.3 Å². The van der Waals surface area contributed by atoms with Gasteiger partial charge in [-0.3, -0.25) is 0 Å². The third-order valence-electron chi connectivity index (χ3n) is 2.19.